The van der Waals surface area contributed by atoms with Gasteiger partial charge >= 0.3 is 0 Å². The number of ether oxygens (including phenoxy) is 1. The molecule has 0 saturated carbocycles. The van der Waals surface area contributed by atoms with Crippen molar-refractivity contribution in [2.24, 2.45) is 5.41 Å². The zero-order valence-electron chi connectivity index (χ0n) is 14.2. The third kappa shape index (κ3) is 4.36. The Morgan fingerprint density at radius 2 is 2.05 bits per heavy atom. The molecule has 0 saturated heterocycles. The van der Waals surface area contributed by atoms with Crippen LogP contribution in [0.15, 0.2) is 11.1 Å². The predicted molar refractivity (Wildman–Crippen MR) is 86.7 cm³/mol. The van der Waals surface area contributed by atoms with Gasteiger partial charge in [-0.3, -0.25) is 4.90 Å². The number of allylic oxidation sites excluding steroid dienone is 1. The quantitative estimate of drug-likeness (QED) is 0.415. The molecule has 114 valence electrons. The van der Waals surface area contributed by atoms with Crippen LogP contribution in [0.3, 0.4) is 0 Å². The molecule has 0 N–H and O–H groups in total. The summed E-state index contributed by atoms with van der Waals surface area (Å²) in [7, 11) is 2.05. The number of rotatable bonds is 6. The molecule has 0 atom stereocenters. The van der Waals surface area contributed by atoms with Gasteiger partial charge in [-0.25, -0.2) is 0 Å². The Labute approximate surface area is 125 Å². The zero-order valence-corrected chi connectivity index (χ0v) is 14.2. The summed E-state index contributed by atoms with van der Waals surface area (Å²) in [6, 6.07) is 0. The van der Waals surface area contributed by atoms with Gasteiger partial charge in [0.05, 0.1) is 18.8 Å². The van der Waals surface area contributed by atoms with Gasteiger partial charge in [-0.1, -0.05) is 25.3 Å². The summed E-state index contributed by atoms with van der Waals surface area (Å²) in [5.74, 6) is 2.81. The third-order valence-corrected chi connectivity index (χ3v) is 4.81. The molecule has 1 aliphatic carbocycles. The van der Waals surface area contributed by atoms with Crippen molar-refractivity contribution in [1.29, 1.82) is 0 Å². The SMILES string of the molecule is C#CC(C)(C)N(C)CCOCC1=C(C)CCCC1(C)C. The molecule has 0 amide bonds. The summed E-state index contributed by atoms with van der Waals surface area (Å²) in [6.07, 6.45) is 9.35. The van der Waals surface area contributed by atoms with Gasteiger partial charge in [-0.15, -0.1) is 6.42 Å². The molecule has 1 rings (SSSR count). The number of hydrogen-bond donors (Lipinski definition) is 0. The highest BCUT2D eigenvalue weighted by Crippen LogP contribution is 2.39. The number of likely N-dealkylation sites (N-methyl/N-ethyl adjacent to an activating group) is 1. The first kappa shape index (κ1) is 17.3. The maximum Gasteiger partial charge on any atom is 0.0764 e. The molecule has 2 heteroatoms. The average molecular weight is 277 g/mol. The van der Waals surface area contributed by atoms with Gasteiger partial charge in [-0.05, 0) is 58.1 Å². The Morgan fingerprint density at radius 3 is 2.60 bits per heavy atom. The van der Waals surface area contributed by atoms with Crippen molar-refractivity contribution >= 4 is 0 Å². The lowest BCUT2D eigenvalue weighted by molar-refractivity contribution is 0.0947. The van der Waals surface area contributed by atoms with Crippen LogP contribution in [0.5, 0.6) is 0 Å². The normalized spacial score (nSPS) is 19.3. The summed E-state index contributed by atoms with van der Waals surface area (Å²) < 4.78 is 5.92. The molecular formula is C18H31NO. The summed E-state index contributed by atoms with van der Waals surface area (Å²) in [6.45, 7) is 13.4. The first-order valence-corrected chi connectivity index (χ1v) is 7.66. The molecule has 20 heavy (non-hydrogen) atoms. The standard InChI is InChI=1S/C18H31NO/c1-8-18(5,6)19(7)12-13-20-14-16-15(2)10-9-11-17(16,3)4/h1H,9-14H2,2-7H3. The van der Waals surface area contributed by atoms with Crippen LogP contribution in [0.25, 0.3) is 0 Å². The minimum absolute atomic E-state index is 0.206. The Hall–Kier alpha value is -0.780. The van der Waals surface area contributed by atoms with Crippen LogP contribution in [0.1, 0.15) is 53.9 Å². The minimum Gasteiger partial charge on any atom is -0.376 e. The van der Waals surface area contributed by atoms with E-state index >= 15 is 0 Å². The van der Waals surface area contributed by atoms with Gasteiger partial charge in [0.15, 0.2) is 0 Å². The molecule has 0 unspecified atom stereocenters. The Morgan fingerprint density at radius 1 is 1.40 bits per heavy atom. The molecule has 0 spiro atoms. The van der Waals surface area contributed by atoms with Gasteiger partial charge in [-0.2, -0.15) is 0 Å². The molecule has 0 aromatic heterocycles. The summed E-state index contributed by atoms with van der Waals surface area (Å²) in [5.41, 5.74) is 3.12. The van der Waals surface area contributed by atoms with E-state index in [0.717, 1.165) is 19.8 Å². The second-order valence-electron chi connectivity index (χ2n) is 7.17. The van der Waals surface area contributed by atoms with E-state index in [1.165, 1.54) is 30.4 Å². The molecule has 0 aromatic rings. The molecule has 0 fully saturated rings. The number of nitrogens with zero attached hydrogens (tertiary/aromatic N) is 1. The van der Waals surface area contributed by atoms with Crippen LogP contribution >= 0.6 is 0 Å². The molecular weight excluding hydrogens is 246 g/mol. The minimum atomic E-state index is -0.206. The Kier molecular flexibility index (Phi) is 5.86. The van der Waals surface area contributed by atoms with E-state index in [1.807, 2.05) is 0 Å². The zero-order chi connectivity index (χ0) is 15.4. The van der Waals surface area contributed by atoms with Crippen LogP contribution < -0.4 is 0 Å². The molecule has 2 nitrogen and oxygen atoms in total. The smallest absolute Gasteiger partial charge is 0.0764 e. The van der Waals surface area contributed by atoms with E-state index in [4.69, 9.17) is 11.2 Å². The summed E-state index contributed by atoms with van der Waals surface area (Å²) in [4.78, 5) is 2.17. The molecule has 0 bridgehead atoms. The summed E-state index contributed by atoms with van der Waals surface area (Å²) in [5, 5.41) is 0. The lowest BCUT2D eigenvalue weighted by atomic mass is 9.73. The van der Waals surface area contributed by atoms with Gasteiger partial charge in [0, 0.05) is 6.54 Å². The Bertz CT molecular complexity index is 398. The van der Waals surface area contributed by atoms with Crippen molar-refractivity contribution in [2.75, 3.05) is 26.8 Å². The fourth-order valence-electron chi connectivity index (χ4n) is 2.76. The van der Waals surface area contributed by atoms with Gasteiger partial charge in [0.2, 0.25) is 0 Å². The molecule has 0 aromatic carbocycles. The fourth-order valence-corrected chi connectivity index (χ4v) is 2.76. The van der Waals surface area contributed by atoms with Gasteiger partial charge < -0.3 is 4.74 Å². The lowest BCUT2D eigenvalue weighted by Gasteiger charge is -2.35. The van der Waals surface area contributed by atoms with E-state index in [9.17, 15) is 0 Å². The van der Waals surface area contributed by atoms with Crippen LogP contribution in [0.4, 0.5) is 0 Å². The van der Waals surface area contributed by atoms with Crippen LogP contribution in [-0.4, -0.2) is 37.2 Å². The molecule has 1 aliphatic rings. The lowest BCUT2D eigenvalue weighted by Crippen LogP contribution is -2.41. The summed E-state index contributed by atoms with van der Waals surface area (Å²) >= 11 is 0. The van der Waals surface area contributed by atoms with E-state index < -0.39 is 0 Å². The first-order chi connectivity index (χ1) is 9.20. The highest BCUT2D eigenvalue weighted by atomic mass is 16.5. The number of terminal acetylenes is 1. The first-order valence-electron chi connectivity index (χ1n) is 7.66. The molecule has 0 radical (unpaired) electrons. The van der Waals surface area contributed by atoms with Gasteiger partial charge in [0.1, 0.15) is 0 Å². The van der Waals surface area contributed by atoms with E-state index in [1.54, 1.807) is 0 Å². The van der Waals surface area contributed by atoms with Crippen molar-refractivity contribution in [1.82, 2.24) is 4.90 Å². The van der Waals surface area contributed by atoms with Crippen molar-refractivity contribution < 1.29 is 4.74 Å². The predicted octanol–water partition coefficient (Wildman–Crippen LogP) is 3.87. The van der Waals surface area contributed by atoms with E-state index in [0.29, 0.717) is 5.41 Å². The fraction of sp³-hybridized carbons (Fsp3) is 0.778. The van der Waals surface area contributed by atoms with Crippen LogP contribution in [0.2, 0.25) is 0 Å². The third-order valence-electron chi connectivity index (χ3n) is 4.81. The topological polar surface area (TPSA) is 12.5 Å². The van der Waals surface area contributed by atoms with E-state index in [2.05, 4.69) is 52.5 Å². The highest BCUT2D eigenvalue weighted by Gasteiger charge is 2.28. The molecule has 0 aliphatic heterocycles. The van der Waals surface area contributed by atoms with Gasteiger partial charge in [0.25, 0.3) is 0 Å². The highest BCUT2D eigenvalue weighted by molar-refractivity contribution is 5.22. The number of hydrogen-bond acceptors (Lipinski definition) is 2. The monoisotopic (exact) mass is 277 g/mol. The van der Waals surface area contributed by atoms with E-state index in [-0.39, 0.29) is 5.54 Å². The molecule has 0 heterocycles. The van der Waals surface area contributed by atoms with Crippen LogP contribution in [-0.2, 0) is 4.74 Å². The second kappa shape index (κ2) is 6.78. The Balaban J connectivity index is 2.44. The average Bonchev–Trinajstić information content (AvgIpc) is 2.36. The maximum atomic E-state index is 5.92. The van der Waals surface area contributed by atoms with Crippen molar-refractivity contribution in [3.8, 4) is 12.3 Å². The maximum absolute atomic E-state index is 5.92. The van der Waals surface area contributed by atoms with Crippen molar-refractivity contribution in [3.05, 3.63) is 11.1 Å². The largest absolute Gasteiger partial charge is 0.376 e. The van der Waals surface area contributed by atoms with Crippen molar-refractivity contribution in [3.63, 3.8) is 0 Å². The van der Waals surface area contributed by atoms with Crippen molar-refractivity contribution in [2.45, 2.75) is 59.4 Å². The van der Waals surface area contributed by atoms with Crippen LogP contribution in [0, 0.1) is 17.8 Å². The second-order valence-corrected chi connectivity index (χ2v) is 7.17.